The molecule has 0 unspecified atom stereocenters. The van der Waals surface area contributed by atoms with Crippen LogP contribution in [-0.2, 0) is 15.0 Å². The number of carbonyl (C=O) groups is 2. The van der Waals surface area contributed by atoms with E-state index in [9.17, 15) is 9.59 Å². The molecule has 1 aromatic carbocycles. The quantitative estimate of drug-likeness (QED) is 0.889. The SMILES string of the molecule is CC(C)CC(=O)N1CCC(C(=O)Nc2ccc(C(C)(C)C)cc2)CC1. The van der Waals surface area contributed by atoms with Crippen LogP contribution in [0.4, 0.5) is 5.69 Å². The molecule has 1 aliphatic rings. The van der Waals surface area contributed by atoms with E-state index in [0.29, 0.717) is 25.4 Å². The van der Waals surface area contributed by atoms with Gasteiger partial charge in [0, 0.05) is 31.1 Å². The molecule has 4 nitrogen and oxygen atoms in total. The zero-order valence-electron chi connectivity index (χ0n) is 16.3. The molecule has 1 aromatic rings. The zero-order chi connectivity index (χ0) is 18.6. The maximum atomic E-state index is 12.5. The first-order valence-corrected chi connectivity index (χ1v) is 9.36. The van der Waals surface area contributed by atoms with Gasteiger partial charge < -0.3 is 10.2 Å². The summed E-state index contributed by atoms with van der Waals surface area (Å²) in [4.78, 5) is 26.5. The third-order valence-electron chi connectivity index (χ3n) is 4.82. The molecule has 0 aromatic heterocycles. The Bertz CT molecular complexity index is 591. The van der Waals surface area contributed by atoms with Crippen molar-refractivity contribution in [2.75, 3.05) is 18.4 Å². The van der Waals surface area contributed by atoms with Gasteiger partial charge in [0.2, 0.25) is 11.8 Å². The van der Waals surface area contributed by atoms with E-state index in [1.54, 1.807) is 0 Å². The molecule has 0 radical (unpaired) electrons. The van der Waals surface area contributed by atoms with Crippen LogP contribution in [0.3, 0.4) is 0 Å². The fourth-order valence-corrected chi connectivity index (χ4v) is 3.17. The predicted molar refractivity (Wildman–Crippen MR) is 103 cm³/mol. The van der Waals surface area contributed by atoms with Crippen LogP contribution in [0.15, 0.2) is 24.3 Å². The number of hydrogen-bond donors (Lipinski definition) is 1. The van der Waals surface area contributed by atoms with Crippen LogP contribution in [-0.4, -0.2) is 29.8 Å². The summed E-state index contributed by atoms with van der Waals surface area (Å²) in [6.07, 6.45) is 2.09. The summed E-state index contributed by atoms with van der Waals surface area (Å²) < 4.78 is 0. The fraction of sp³-hybridized carbons (Fsp3) is 0.619. The Hall–Kier alpha value is -1.84. The molecule has 1 fully saturated rings. The minimum Gasteiger partial charge on any atom is -0.343 e. The third kappa shape index (κ3) is 5.58. The Morgan fingerprint density at radius 2 is 1.68 bits per heavy atom. The van der Waals surface area contributed by atoms with Gasteiger partial charge in [-0.25, -0.2) is 0 Å². The van der Waals surface area contributed by atoms with Crippen molar-refractivity contribution in [3.8, 4) is 0 Å². The van der Waals surface area contributed by atoms with Crippen molar-refractivity contribution in [1.82, 2.24) is 4.90 Å². The Morgan fingerprint density at radius 1 is 1.12 bits per heavy atom. The number of amides is 2. The zero-order valence-corrected chi connectivity index (χ0v) is 16.3. The molecule has 0 spiro atoms. The van der Waals surface area contributed by atoms with Crippen LogP contribution in [0.25, 0.3) is 0 Å². The minimum absolute atomic E-state index is 0.00890. The average Bonchev–Trinajstić information content (AvgIpc) is 2.54. The van der Waals surface area contributed by atoms with Crippen molar-refractivity contribution < 1.29 is 9.59 Å². The number of piperidine rings is 1. The average molecular weight is 344 g/mol. The lowest BCUT2D eigenvalue weighted by molar-refractivity contribution is -0.135. The van der Waals surface area contributed by atoms with Crippen molar-refractivity contribution in [3.05, 3.63) is 29.8 Å². The van der Waals surface area contributed by atoms with Gasteiger partial charge in [0.1, 0.15) is 0 Å². The summed E-state index contributed by atoms with van der Waals surface area (Å²) in [5.41, 5.74) is 2.21. The minimum atomic E-state index is -0.00890. The number of hydrogen-bond acceptors (Lipinski definition) is 2. The second kappa shape index (κ2) is 8.03. The molecule has 0 aliphatic carbocycles. The van der Waals surface area contributed by atoms with Gasteiger partial charge in [-0.3, -0.25) is 9.59 Å². The van der Waals surface area contributed by atoms with E-state index in [-0.39, 0.29) is 23.1 Å². The summed E-state index contributed by atoms with van der Waals surface area (Å²) in [7, 11) is 0. The maximum absolute atomic E-state index is 12.5. The van der Waals surface area contributed by atoms with Gasteiger partial charge in [0.05, 0.1) is 0 Å². The number of anilines is 1. The van der Waals surface area contributed by atoms with E-state index in [4.69, 9.17) is 0 Å². The molecule has 4 heteroatoms. The van der Waals surface area contributed by atoms with Crippen molar-refractivity contribution in [3.63, 3.8) is 0 Å². The van der Waals surface area contributed by atoms with Crippen LogP contribution in [0.1, 0.15) is 59.4 Å². The predicted octanol–water partition coefficient (Wildman–Crippen LogP) is 4.21. The highest BCUT2D eigenvalue weighted by Gasteiger charge is 2.27. The van der Waals surface area contributed by atoms with Crippen molar-refractivity contribution in [2.45, 2.75) is 59.3 Å². The maximum Gasteiger partial charge on any atom is 0.227 e. The van der Waals surface area contributed by atoms with Crippen molar-refractivity contribution >= 4 is 17.5 Å². The van der Waals surface area contributed by atoms with Crippen molar-refractivity contribution in [2.24, 2.45) is 11.8 Å². The summed E-state index contributed by atoms with van der Waals surface area (Å²) in [6.45, 7) is 12.0. The van der Waals surface area contributed by atoms with E-state index in [0.717, 1.165) is 18.5 Å². The van der Waals surface area contributed by atoms with Crippen LogP contribution in [0.5, 0.6) is 0 Å². The number of benzene rings is 1. The van der Waals surface area contributed by atoms with Crippen LogP contribution in [0.2, 0.25) is 0 Å². The molecule has 2 rings (SSSR count). The van der Waals surface area contributed by atoms with Gasteiger partial charge >= 0.3 is 0 Å². The Balaban J connectivity index is 1.85. The van der Waals surface area contributed by atoms with Gasteiger partial charge in [-0.2, -0.15) is 0 Å². The summed E-state index contributed by atoms with van der Waals surface area (Å²) in [6, 6.07) is 8.09. The topological polar surface area (TPSA) is 49.4 Å². The first-order valence-electron chi connectivity index (χ1n) is 9.36. The molecular formula is C21H32N2O2. The van der Waals surface area contributed by atoms with E-state index in [1.165, 1.54) is 5.56 Å². The lowest BCUT2D eigenvalue weighted by Gasteiger charge is -2.32. The van der Waals surface area contributed by atoms with Gasteiger partial charge in [-0.15, -0.1) is 0 Å². The molecule has 0 saturated carbocycles. The largest absolute Gasteiger partial charge is 0.343 e. The molecule has 0 atom stereocenters. The summed E-state index contributed by atoms with van der Waals surface area (Å²) in [5.74, 6) is 0.654. The number of rotatable bonds is 4. The number of nitrogens with zero attached hydrogens (tertiary/aromatic N) is 1. The Labute approximate surface area is 152 Å². The molecule has 25 heavy (non-hydrogen) atoms. The summed E-state index contributed by atoms with van der Waals surface area (Å²) in [5, 5.41) is 3.02. The summed E-state index contributed by atoms with van der Waals surface area (Å²) >= 11 is 0. The molecular weight excluding hydrogens is 312 g/mol. The second-order valence-corrected chi connectivity index (χ2v) is 8.57. The molecule has 2 amide bonds. The van der Waals surface area contributed by atoms with Gasteiger partial charge in [0.25, 0.3) is 0 Å². The molecule has 1 heterocycles. The highest BCUT2D eigenvalue weighted by Crippen LogP contribution is 2.25. The molecule has 1 N–H and O–H groups in total. The highest BCUT2D eigenvalue weighted by molar-refractivity contribution is 5.92. The second-order valence-electron chi connectivity index (χ2n) is 8.57. The number of nitrogens with one attached hydrogen (secondary N) is 1. The van der Waals surface area contributed by atoms with Crippen LogP contribution >= 0.6 is 0 Å². The van der Waals surface area contributed by atoms with E-state index >= 15 is 0 Å². The van der Waals surface area contributed by atoms with E-state index < -0.39 is 0 Å². The lowest BCUT2D eigenvalue weighted by Crippen LogP contribution is -2.41. The smallest absolute Gasteiger partial charge is 0.227 e. The Morgan fingerprint density at radius 3 is 2.16 bits per heavy atom. The molecule has 0 bridgehead atoms. The molecule has 1 saturated heterocycles. The first-order chi connectivity index (χ1) is 11.7. The highest BCUT2D eigenvalue weighted by atomic mass is 16.2. The van der Waals surface area contributed by atoms with Crippen molar-refractivity contribution in [1.29, 1.82) is 0 Å². The van der Waals surface area contributed by atoms with E-state index in [2.05, 4.69) is 52.1 Å². The first kappa shape index (κ1) is 19.5. The van der Waals surface area contributed by atoms with Crippen LogP contribution < -0.4 is 5.32 Å². The standard InChI is InChI=1S/C21H32N2O2/c1-15(2)14-19(24)23-12-10-16(11-13-23)20(25)22-18-8-6-17(7-9-18)21(3,4)5/h6-9,15-16H,10-14H2,1-5H3,(H,22,25). The molecule has 138 valence electrons. The fourth-order valence-electron chi connectivity index (χ4n) is 3.17. The van der Waals surface area contributed by atoms with E-state index in [1.807, 2.05) is 17.0 Å². The third-order valence-corrected chi connectivity index (χ3v) is 4.82. The number of likely N-dealkylation sites (tertiary alicyclic amines) is 1. The van der Waals surface area contributed by atoms with Gasteiger partial charge in [-0.05, 0) is 41.9 Å². The van der Waals surface area contributed by atoms with Crippen LogP contribution in [0, 0.1) is 11.8 Å². The van der Waals surface area contributed by atoms with Gasteiger partial charge in [0.15, 0.2) is 0 Å². The van der Waals surface area contributed by atoms with Gasteiger partial charge in [-0.1, -0.05) is 46.8 Å². The Kier molecular flexibility index (Phi) is 6.26. The monoisotopic (exact) mass is 344 g/mol. The normalized spacial score (nSPS) is 16.2. The molecule has 1 aliphatic heterocycles. The number of carbonyl (C=O) groups excluding carboxylic acids is 2. The lowest BCUT2D eigenvalue weighted by atomic mass is 9.87.